The van der Waals surface area contributed by atoms with Crippen LogP contribution in [0.3, 0.4) is 0 Å². The number of amides is 1. The molecule has 0 spiro atoms. The highest BCUT2D eigenvalue weighted by Crippen LogP contribution is 2.22. The molecule has 0 saturated heterocycles. The number of hydrogen-bond acceptors (Lipinski definition) is 5. The summed E-state index contributed by atoms with van der Waals surface area (Å²) in [6, 6.07) is 4.39. The molecule has 1 rings (SSSR count). The van der Waals surface area contributed by atoms with Crippen molar-refractivity contribution in [1.82, 2.24) is 10.0 Å². The SMILES string of the molecule is CNC(=O)c1ccc(S(=O)(=O)N[C@H](C(=O)OC)C(C)(C)C)cc1. The molecule has 2 N–H and O–H groups in total. The summed E-state index contributed by atoms with van der Waals surface area (Å²) in [5, 5.41) is 2.45. The molecule has 8 heteroatoms. The molecule has 0 heterocycles. The second-order valence-electron chi connectivity index (χ2n) is 6.05. The normalized spacial score (nSPS) is 13.3. The number of esters is 1. The van der Waals surface area contributed by atoms with Gasteiger partial charge in [-0.2, -0.15) is 4.72 Å². The monoisotopic (exact) mass is 342 g/mol. The summed E-state index contributed by atoms with van der Waals surface area (Å²) >= 11 is 0. The zero-order valence-corrected chi connectivity index (χ0v) is 14.7. The minimum Gasteiger partial charge on any atom is -0.468 e. The molecule has 128 valence electrons. The lowest BCUT2D eigenvalue weighted by Gasteiger charge is -2.28. The van der Waals surface area contributed by atoms with Gasteiger partial charge in [-0.1, -0.05) is 20.8 Å². The summed E-state index contributed by atoms with van der Waals surface area (Å²) in [5.41, 5.74) is -0.325. The van der Waals surface area contributed by atoms with Crippen LogP contribution in [0.15, 0.2) is 29.2 Å². The fourth-order valence-electron chi connectivity index (χ4n) is 1.85. The Balaban J connectivity index is 3.10. The van der Waals surface area contributed by atoms with Gasteiger partial charge in [0.2, 0.25) is 10.0 Å². The summed E-state index contributed by atoms with van der Waals surface area (Å²) in [6.45, 7) is 5.18. The predicted octanol–water partition coefficient (Wildman–Crippen LogP) is 0.912. The second kappa shape index (κ2) is 7.10. The first-order valence-corrected chi connectivity index (χ1v) is 8.43. The molecule has 0 radical (unpaired) electrons. The van der Waals surface area contributed by atoms with Crippen molar-refractivity contribution < 1.29 is 22.7 Å². The Morgan fingerprint density at radius 3 is 2.04 bits per heavy atom. The number of ether oxygens (including phenoxy) is 1. The zero-order chi connectivity index (χ0) is 17.8. The van der Waals surface area contributed by atoms with Crippen LogP contribution in [-0.4, -0.2) is 40.5 Å². The van der Waals surface area contributed by atoms with E-state index in [2.05, 4.69) is 14.8 Å². The zero-order valence-electron chi connectivity index (χ0n) is 13.8. The summed E-state index contributed by atoms with van der Waals surface area (Å²) in [6.07, 6.45) is 0. The van der Waals surface area contributed by atoms with E-state index >= 15 is 0 Å². The van der Waals surface area contributed by atoms with Gasteiger partial charge in [0.25, 0.3) is 5.91 Å². The van der Waals surface area contributed by atoms with Gasteiger partial charge in [-0.15, -0.1) is 0 Å². The molecule has 0 fully saturated rings. The summed E-state index contributed by atoms with van der Waals surface area (Å²) in [7, 11) is -1.24. The molecule has 1 aromatic rings. The summed E-state index contributed by atoms with van der Waals surface area (Å²) in [5.74, 6) is -0.980. The third-order valence-electron chi connectivity index (χ3n) is 3.23. The summed E-state index contributed by atoms with van der Waals surface area (Å²) in [4.78, 5) is 23.3. The fourth-order valence-corrected chi connectivity index (χ4v) is 3.24. The number of sulfonamides is 1. The van der Waals surface area contributed by atoms with Crippen LogP contribution in [-0.2, 0) is 19.6 Å². The quantitative estimate of drug-likeness (QED) is 0.775. The molecule has 7 nitrogen and oxygen atoms in total. The molecule has 0 aliphatic rings. The van der Waals surface area contributed by atoms with E-state index in [1.807, 2.05) is 0 Å². The Bertz CT molecular complexity index is 675. The van der Waals surface area contributed by atoms with Crippen molar-refractivity contribution in [2.75, 3.05) is 14.2 Å². The summed E-state index contributed by atoms with van der Waals surface area (Å²) < 4.78 is 31.9. The van der Waals surface area contributed by atoms with Gasteiger partial charge >= 0.3 is 5.97 Å². The maximum atomic E-state index is 12.4. The highest BCUT2D eigenvalue weighted by molar-refractivity contribution is 7.89. The first-order chi connectivity index (χ1) is 10.5. The predicted molar refractivity (Wildman–Crippen MR) is 85.4 cm³/mol. The molecule has 1 atom stereocenters. The molecule has 0 bridgehead atoms. The van der Waals surface area contributed by atoms with E-state index < -0.39 is 27.4 Å². The van der Waals surface area contributed by atoms with Gasteiger partial charge in [0.05, 0.1) is 12.0 Å². The maximum absolute atomic E-state index is 12.4. The molecular formula is C15H22N2O5S. The lowest BCUT2D eigenvalue weighted by Crippen LogP contribution is -2.49. The number of hydrogen-bond donors (Lipinski definition) is 2. The molecular weight excluding hydrogens is 320 g/mol. The van der Waals surface area contributed by atoms with Crippen LogP contribution in [0.5, 0.6) is 0 Å². The lowest BCUT2D eigenvalue weighted by atomic mass is 9.87. The Morgan fingerprint density at radius 2 is 1.65 bits per heavy atom. The van der Waals surface area contributed by atoms with Gasteiger partial charge in [-0.3, -0.25) is 9.59 Å². The van der Waals surface area contributed by atoms with Crippen molar-refractivity contribution >= 4 is 21.9 Å². The van der Waals surface area contributed by atoms with Gasteiger partial charge in [0.1, 0.15) is 6.04 Å². The van der Waals surface area contributed by atoms with Crippen molar-refractivity contribution in [2.45, 2.75) is 31.7 Å². The average molecular weight is 342 g/mol. The van der Waals surface area contributed by atoms with Gasteiger partial charge < -0.3 is 10.1 Å². The smallest absolute Gasteiger partial charge is 0.324 e. The largest absolute Gasteiger partial charge is 0.468 e. The van der Waals surface area contributed by atoms with E-state index in [1.54, 1.807) is 20.8 Å². The topological polar surface area (TPSA) is 102 Å². The van der Waals surface area contributed by atoms with Crippen molar-refractivity contribution in [2.24, 2.45) is 5.41 Å². The fraction of sp³-hybridized carbons (Fsp3) is 0.467. The number of rotatable bonds is 5. The molecule has 23 heavy (non-hydrogen) atoms. The molecule has 1 aromatic carbocycles. The molecule has 0 aromatic heterocycles. The molecule has 0 aliphatic heterocycles. The van der Waals surface area contributed by atoms with E-state index in [4.69, 9.17) is 0 Å². The number of methoxy groups -OCH3 is 1. The highest BCUT2D eigenvalue weighted by Gasteiger charge is 2.36. The number of benzene rings is 1. The molecule has 0 saturated carbocycles. The third-order valence-corrected chi connectivity index (χ3v) is 4.67. The van der Waals surface area contributed by atoms with Crippen LogP contribution in [0.1, 0.15) is 31.1 Å². The third kappa shape index (κ3) is 4.77. The highest BCUT2D eigenvalue weighted by atomic mass is 32.2. The first kappa shape index (κ1) is 19.1. The van der Waals surface area contributed by atoms with Gasteiger partial charge in [0, 0.05) is 12.6 Å². The van der Waals surface area contributed by atoms with Crippen LogP contribution in [0.25, 0.3) is 0 Å². The van der Waals surface area contributed by atoms with Crippen molar-refractivity contribution in [3.63, 3.8) is 0 Å². The number of carbonyl (C=O) groups is 2. The van der Waals surface area contributed by atoms with Crippen molar-refractivity contribution in [3.05, 3.63) is 29.8 Å². The second-order valence-corrected chi connectivity index (χ2v) is 7.76. The number of nitrogens with one attached hydrogen (secondary N) is 2. The minimum atomic E-state index is -3.93. The van der Waals surface area contributed by atoms with E-state index in [0.29, 0.717) is 5.56 Å². The minimum absolute atomic E-state index is 0.0386. The van der Waals surface area contributed by atoms with E-state index in [1.165, 1.54) is 38.4 Å². The lowest BCUT2D eigenvalue weighted by molar-refractivity contribution is -0.145. The standard InChI is InChI=1S/C15H22N2O5S/c1-15(2,3)12(14(19)22-5)17-23(20,21)11-8-6-10(7-9-11)13(18)16-4/h6-9,12,17H,1-5H3,(H,16,18)/t12-/m1/s1. The van der Waals surface area contributed by atoms with E-state index in [-0.39, 0.29) is 10.8 Å². The van der Waals surface area contributed by atoms with Crippen LogP contribution in [0.2, 0.25) is 0 Å². The van der Waals surface area contributed by atoms with Crippen LogP contribution >= 0.6 is 0 Å². The van der Waals surface area contributed by atoms with Crippen molar-refractivity contribution in [1.29, 1.82) is 0 Å². The Hall–Kier alpha value is -1.93. The van der Waals surface area contributed by atoms with Gasteiger partial charge in [-0.05, 0) is 29.7 Å². The molecule has 0 aliphatic carbocycles. The Kier molecular flexibility index (Phi) is 5.90. The van der Waals surface area contributed by atoms with Gasteiger partial charge in [-0.25, -0.2) is 8.42 Å². The maximum Gasteiger partial charge on any atom is 0.324 e. The van der Waals surface area contributed by atoms with Gasteiger partial charge in [0.15, 0.2) is 0 Å². The van der Waals surface area contributed by atoms with E-state index in [0.717, 1.165) is 0 Å². The Labute approximate surface area is 136 Å². The number of carbonyl (C=O) groups excluding carboxylic acids is 2. The van der Waals surface area contributed by atoms with Crippen LogP contribution in [0, 0.1) is 5.41 Å². The molecule has 0 unspecified atom stereocenters. The van der Waals surface area contributed by atoms with Crippen LogP contribution in [0.4, 0.5) is 0 Å². The first-order valence-electron chi connectivity index (χ1n) is 6.95. The molecule has 1 amide bonds. The Morgan fingerprint density at radius 1 is 1.13 bits per heavy atom. The van der Waals surface area contributed by atoms with Crippen LogP contribution < -0.4 is 10.0 Å². The van der Waals surface area contributed by atoms with E-state index in [9.17, 15) is 18.0 Å². The average Bonchev–Trinajstić information content (AvgIpc) is 2.50. The van der Waals surface area contributed by atoms with Crippen molar-refractivity contribution in [3.8, 4) is 0 Å².